The van der Waals surface area contributed by atoms with Crippen molar-refractivity contribution < 1.29 is 10.2 Å². The summed E-state index contributed by atoms with van der Waals surface area (Å²) in [4.78, 5) is 1.09. The lowest BCUT2D eigenvalue weighted by atomic mass is 9.92. The Bertz CT molecular complexity index is 658. The van der Waals surface area contributed by atoms with Crippen molar-refractivity contribution in [1.29, 1.82) is 5.26 Å². The van der Waals surface area contributed by atoms with Crippen LogP contribution in [0.3, 0.4) is 0 Å². The normalized spacial score (nSPS) is 11.5. The Balaban J connectivity index is 2.39. The maximum atomic E-state index is 10.2. The summed E-state index contributed by atoms with van der Waals surface area (Å²) >= 11 is 1.59. The van der Waals surface area contributed by atoms with Crippen LogP contribution in [0.2, 0.25) is 0 Å². The minimum atomic E-state index is -0.134. The molecule has 0 amide bonds. The Morgan fingerprint density at radius 2 is 2.05 bits per heavy atom. The monoisotopic (exact) mass is 304 g/mol. The molecule has 0 aliphatic rings. The van der Waals surface area contributed by atoms with Crippen LogP contribution in [0.15, 0.2) is 17.5 Å². The minimum Gasteiger partial charge on any atom is -0.505 e. The molecule has 2 N–H and O–H groups in total. The Morgan fingerprint density at radius 3 is 2.57 bits per heavy atom. The van der Waals surface area contributed by atoms with E-state index >= 15 is 0 Å². The second kappa shape index (κ2) is 5.82. The van der Waals surface area contributed by atoms with Crippen molar-refractivity contribution in [2.75, 3.05) is 0 Å². The maximum absolute atomic E-state index is 10.2. The highest BCUT2D eigenvalue weighted by atomic mass is 32.1. The molecule has 2 heterocycles. The van der Waals surface area contributed by atoms with Gasteiger partial charge in [0.25, 0.3) is 0 Å². The average molecular weight is 304 g/mol. The van der Waals surface area contributed by atoms with Gasteiger partial charge in [0.1, 0.15) is 6.07 Å². The zero-order valence-corrected chi connectivity index (χ0v) is 13.4. The van der Waals surface area contributed by atoms with Gasteiger partial charge in [-0.2, -0.15) is 5.26 Å². The Morgan fingerprint density at radius 1 is 1.33 bits per heavy atom. The summed E-state index contributed by atoms with van der Waals surface area (Å²) in [6, 6.07) is 5.81. The van der Waals surface area contributed by atoms with Crippen LogP contribution in [0, 0.1) is 16.7 Å². The number of nitriles is 1. The fourth-order valence-electron chi connectivity index (χ4n) is 2.19. The van der Waals surface area contributed by atoms with Gasteiger partial charge in [0.05, 0.1) is 5.69 Å². The summed E-state index contributed by atoms with van der Waals surface area (Å²) in [6.07, 6.45) is 1.36. The predicted molar refractivity (Wildman–Crippen MR) is 83.7 cm³/mol. The molecule has 0 fully saturated rings. The lowest BCUT2D eigenvalue weighted by Crippen LogP contribution is -2.12. The van der Waals surface area contributed by atoms with Gasteiger partial charge < -0.3 is 14.8 Å². The Hall–Kier alpha value is -1.93. The summed E-state index contributed by atoms with van der Waals surface area (Å²) in [5.41, 5.74) is 0.686. The summed E-state index contributed by atoms with van der Waals surface area (Å²) in [7, 11) is 0. The van der Waals surface area contributed by atoms with Crippen LogP contribution >= 0.6 is 11.3 Å². The molecule has 0 atom stereocenters. The first-order valence-electron chi connectivity index (χ1n) is 6.89. The third-order valence-electron chi connectivity index (χ3n) is 3.43. The molecule has 4 nitrogen and oxygen atoms in total. The van der Waals surface area contributed by atoms with Gasteiger partial charge in [-0.25, -0.2) is 0 Å². The third-order valence-corrected chi connectivity index (χ3v) is 4.31. The molecular formula is C16H20N2O2S. The van der Waals surface area contributed by atoms with Crippen molar-refractivity contribution in [3.63, 3.8) is 0 Å². The SMILES string of the molecule is CC(C)(C)CCn1c(O)c(C#N)c(O)c1Cc1cccs1. The highest BCUT2D eigenvalue weighted by molar-refractivity contribution is 7.09. The van der Waals surface area contributed by atoms with E-state index in [0.29, 0.717) is 18.7 Å². The molecule has 0 aliphatic heterocycles. The molecule has 21 heavy (non-hydrogen) atoms. The van der Waals surface area contributed by atoms with Crippen molar-refractivity contribution in [3.8, 4) is 17.7 Å². The number of aromatic nitrogens is 1. The van der Waals surface area contributed by atoms with Crippen molar-refractivity contribution >= 4 is 11.3 Å². The second-order valence-electron chi connectivity index (χ2n) is 6.32. The van der Waals surface area contributed by atoms with Gasteiger partial charge in [-0.3, -0.25) is 0 Å². The summed E-state index contributed by atoms with van der Waals surface area (Å²) in [5, 5.41) is 31.5. The summed E-state index contributed by atoms with van der Waals surface area (Å²) in [6.45, 7) is 6.94. The van der Waals surface area contributed by atoms with E-state index in [1.165, 1.54) is 0 Å². The van der Waals surface area contributed by atoms with E-state index in [1.807, 2.05) is 23.6 Å². The van der Waals surface area contributed by atoms with E-state index < -0.39 is 0 Å². The summed E-state index contributed by atoms with van der Waals surface area (Å²) < 4.78 is 1.67. The fraction of sp³-hybridized carbons (Fsp3) is 0.438. The number of hydrogen-bond acceptors (Lipinski definition) is 4. The lowest BCUT2D eigenvalue weighted by Gasteiger charge is -2.19. The van der Waals surface area contributed by atoms with Crippen LogP contribution in [-0.2, 0) is 13.0 Å². The molecule has 2 rings (SSSR count). The highest BCUT2D eigenvalue weighted by Gasteiger charge is 2.23. The molecule has 0 aliphatic carbocycles. The first kappa shape index (κ1) is 15.5. The average Bonchev–Trinajstić information content (AvgIpc) is 2.96. The van der Waals surface area contributed by atoms with Gasteiger partial charge in [-0.1, -0.05) is 26.8 Å². The molecule has 112 valence electrons. The number of rotatable bonds is 4. The Labute approximate surface area is 128 Å². The van der Waals surface area contributed by atoms with Gasteiger partial charge in [0, 0.05) is 17.8 Å². The zero-order chi connectivity index (χ0) is 15.6. The van der Waals surface area contributed by atoms with Crippen LogP contribution in [0.1, 0.15) is 43.3 Å². The zero-order valence-electron chi connectivity index (χ0n) is 12.6. The standard InChI is InChI=1S/C16H20N2O2S/c1-16(2,3)6-7-18-13(9-11-5-4-8-21-11)14(19)12(10-17)15(18)20/h4-5,8,19-20H,6-7,9H2,1-3H3. The van der Waals surface area contributed by atoms with Gasteiger partial charge in [0.2, 0.25) is 5.88 Å². The van der Waals surface area contributed by atoms with Gasteiger partial charge in [0.15, 0.2) is 11.3 Å². The number of thiophene rings is 1. The van der Waals surface area contributed by atoms with E-state index in [4.69, 9.17) is 5.26 Å². The molecular weight excluding hydrogens is 284 g/mol. The Kier molecular flexibility index (Phi) is 4.29. The van der Waals surface area contributed by atoms with Gasteiger partial charge >= 0.3 is 0 Å². The lowest BCUT2D eigenvalue weighted by molar-refractivity contribution is 0.328. The van der Waals surface area contributed by atoms with Crippen molar-refractivity contribution in [2.45, 2.75) is 40.2 Å². The largest absolute Gasteiger partial charge is 0.505 e. The molecule has 0 unspecified atom stereocenters. The molecule has 0 spiro atoms. The van der Waals surface area contributed by atoms with Crippen molar-refractivity contribution in [1.82, 2.24) is 4.57 Å². The topological polar surface area (TPSA) is 69.2 Å². The summed E-state index contributed by atoms with van der Waals surface area (Å²) in [5.74, 6) is -0.233. The highest BCUT2D eigenvalue weighted by Crippen LogP contribution is 2.37. The quantitative estimate of drug-likeness (QED) is 0.901. The second-order valence-corrected chi connectivity index (χ2v) is 7.36. The van der Waals surface area contributed by atoms with Crippen molar-refractivity contribution in [2.24, 2.45) is 5.41 Å². The molecule has 0 saturated heterocycles. The smallest absolute Gasteiger partial charge is 0.213 e. The van der Waals surface area contributed by atoms with E-state index in [-0.39, 0.29) is 22.6 Å². The number of nitrogens with zero attached hydrogens (tertiary/aromatic N) is 2. The predicted octanol–water partition coefficient (Wildman–Crippen LogP) is 3.86. The van der Waals surface area contributed by atoms with E-state index in [1.54, 1.807) is 15.9 Å². The van der Waals surface area contributed by atoms with Gasteiger partial charge in [-0.15, -0.1) is 11.3 Å². The van der Waals surface area contributed by atoms with Crippen LogP contribution in [0.4, 0.5) is 0 Å². The molecule has 5 heteroatoms. The van der Waals surface area contributed by atoms with E-state index in [9.17, 15) is 10.2 Å². The molecule has 0 radical (unpaired) electrons. The first-order valence-corrected chi connectivity index (χ1v) is 7.77. The number of aromatic hydroxyl groups is 2. The first-order chi connectivity index (χ1) is 9.83. The van der Waals surface area contributed by atoms with Crippen LogP contribution in [0.25, 0.3) is 0 Å². The van der Waals surface area contributed by atoms with Crippen LogP contribution in [-0.4, -0.2) is 14.8 Å². The molecule has 0 aromatic carbocycles. The van der Waals surface area contributed by atoms with Crippen LogP contribution in [0.5, 0.6) is 11.6 Å². The fourth-order valence-corrected chi connectivity index (χ4v) is 2.90. The van der Waals surface area contributed by atoms with Crippen LogP contribution < -0.4 is 0 Å². The third kappa shape index (κ3) is 3.40. The van der Waals surface area contributed by atoms with E-state index in [2.05, 4.69) is 20.8 Å². The molecule has 0 bridgehead atoms. The minimum absolute atomic E-state index is 0.0320. The van der Waals surface area contributed by atoms with Gasteiger partial charge in [-0.05, 0) is 23.3 Å². The number of hydrogen-bond donors (Lipinski definition) is 2. The molecule has 2 aromatic rings. The van der Waals surface area contributed by atoms with E-state index in [0.717, 1.165) is 11.3 Å². The van der Waals surface area contributed by atoms with Crippen molar-refractivity contribution in [3.05, 3.63) is 33.6 Å². The molecule has 0 saturated carbocycles. The molecule has 2 aromatic heterocycles. The maximum Gasteiger partial charge on any atom is 0.213 e.